The highest BCUT2D eigenvalue weighted by atomic mass is 35.5. The van der Waals surface area contributed by atoms with E-state index >= 15 is 0 Å². The van der Waals surface area contributed by atoms with Gasteiger partial charge in [0.1, 0.15) is 10.7 Å². The highest BCUT2D eigenvalue weighted by Crippen LogP contribution is 2.31. The lowest BCUT2D eigenvalue weighted by Crippen LogP contribution is -2.38. The Balaban J connectivity index is 1.47. The predicted octanol–water partition coefficient (Wildman–Crippen LogP) is 5.18. The Morgan fingerprint density at radius 3 is 2.34 bits per heavy atom. The van der Waals surface area contributed by atoms with Crippen molar-refractivity contribution in [3.63, 3.8) is 0 Å². The molecule has 1 N–H and O–H groups in total. The fourth-order valence-corrected chi connectivity index (χ4v) is 4.54. The number of anilines is 2. The fourth-order valence-electron chi connectivity index (χ4n) is 4.14. The average molecular weight is 472 g/mol. The van der Waals surface area contributed by atoms with Crippen LogP contribution in [0.15, 0.2) is 59.3 Å². The minimum Gasteiger partial charge on any atom is -0.350 e. The molecular formula is C24H23Cl2N3O3. The maximum Gasteiger partial charge on any atom is 0.283 e. The number of benzene rings is 2. The van der Waals surface area contributed by atoms with Crippen molar-refractivity contribution in [3.8, 4) is 0 Å². The van der Waals surface area contributed by atoms with Gasteiger partial charge in [-0.1, -0.05) is 48.5 Å². The minimum absolute atomic E-state index is 0.0185. The SMILES string of the molecule is CN(C(=O)c1ccc(NC2=C(Cl)C(=O)N(c3cccc(Cl)c3)C2=O)cc1)C1CCCCC1. The Bertz CT molecular complexity index is 1090. The number of amides is 3. The lowest BCUT2D eigenvalue weighted by atomic mass is 9.94. The second-order valence-corrected chi connectivity index (χ2v) is 8.84. The van der Waals surface area contributed by atoms with Crippen molar-refractivity contribution < 1.29 is 14.4 Å². The van der Waals surface area contributed by atoms with Crippen LogP contribution in [-0.2, 0) is 9.59 Å². The van der Waals surface area contributed by atoms with Gasteiger partial charge in [0.2, 0.25) is 0 Å². The maximum atomic E-state index is 12.9. The summed E-state index contributed by atoms with van der Waals surface area (Å²) in [6, 6.07) is 13.5. The van der Waals surface area contributed by atoms with Crippen LogP contribution < -0.4 is 10.2 Å². The molecule has 166 valence electrons. The number of hydrogen-bond donors (Lipinski definition) is 1. The summed E-state index contributed by atoms with van der Waals surface area (Å²) >= 11 is 12.2. The van der Waals surface area contributed by atoms with E-state index in [1.54, 1.807) is 42.5 Å². The van der Waals surface area contributed by atoms with Gasteiger partial charge in [-0.05, 0) is 55.3 Å². The number of nitrogens with zero attached hydrogens (tertiary/aromatic N) is 2. The van der Waals surface area contributed by atoms with Crippen molar-refractivity contribution in [3.05, 3.63) is 69.8 Å². The van der Waals surface area contributed by atoms with Gasteiger partial charge in [0.15, 0.2) is 0 Å². The number of nitrogens with one attached hydrogen (secondary N) is 1. The Kier molecular flexibility index (Phi) is 6.53. The summed E-state index contributed by atoms with van der Waals surface area (Å²) in [5, 5.41) is 3.12. The molecule has 1 heterocycles. The van der Waals surface area contributed by atoms with Gasteiger partial charge in [0.25, 0.3) is 17.7 Å². The number of carbonyl (C=O) groups excluding carboxylic acids is 3. The van der Waals surface area contributed by atoms with Crippen LogP contribution in [0.4, 0.5) is 11.4 Å². The highest BCUT2D eigenvalue weighted by Gasteiger charge is 2.39. The smallest absolute Gasteiger partial charge is 0.283 e. The fraction of sp³-hybridized carbons (Fsp3) is 0.292. The first-order valence-corrected chi connectivity index (χ1v) is 11.3. The molecule has 1 fully saturated rings. The van der Waals surface area contributed by atoms with Crippen LogP contribution in [0.2, 0.25) is 5.02 Å². The van der Waals surface area contributed by atoms with Crippen LogP contribution in [0.3, 0.4) is 0 Å². The van der Waals surface area contributed by atoms with Gasteiger partial charge in [-0.15, -0.1) is 0 Å². The van der Waals surface area contributed by atoms with Gasteiger partial charge in [-0.25, -0.2) is 4.90 Å². The molecule has 0 bridgehead atoms. The van der Waals surface area contributed by atoms with Gasteiger partial charge < -0.3 is 10.2 Å². The third-order valence-electron chi connectivity index (χ3n) is 5.94. The molecule has 0 aromatic heterocycles. The molecule has 6 nitrogen and oxygen atoms in total. The van der Waals surface area contributed by atoms with E-state index in [-0.39, 0.29) is 22.7 Å². The summed E-state index contributed by atoms with van der Waals surface area (Å²) < 4.78 is 0. The molecule has 0 unspecified atom stereocenters. The Morgan fingerprint density at radius 1 is 1.00 bits per heavy atom. The standard InChI is InChI=1S/C24H23Cl2N3O3/c1-28(18-7-3-2-4-8-18)22(30)15-10-12-17(13-11-15)27-21-20(26)23(31)29(24(21)32)19-9-5-6-16(25)14-19/h5-6,9-14,18,27H,2-4,7-8H2,1H3. The summed E-state index contributed by atoms with van der Waals surface area (Å²) in [5.41, 5.74) is 1.44. The van der Waals surface area contributed by atoms with E-state index in [1.165, 1.54) is 12.5 Å². The van der Waals surface area contributed by atoms with Crippen molar-refractivity contribution in [1.29, 1.82) is 0 Å². The predicted molar refractivity (Wildman–Crippen MR) is 126 cm³/mol. The molecule has 4 rings (SSSR count). The van der Waals surface area contributed by atoms with Gasteiger partial charge in [0.05, 0.1) is 5.69 Å². The first kappa shape index (κ1) is 22.4. The van der Waals surface area contributed by atoms with Gasteiger partial charge >= 0.3 is 0 Å². The van der Waals surface area contributed by atoms with Crippen LogP contribution in [0.1, 0.15) is 42.5 Å². The number of imide groups is 1. The summed E-state index contributed by atoms with van der Waals surface area (Å²) in [6.07, 6.45) is 5.61. The van der Waals surface area contributed by atoms with E-state index in [1.807, 2.05) is 11.9 Å². The summed E-state index contributed by atoms with van der Waals surface area (Å²) in [7, 11) is 1.85. The number of halogens is 2. The second kappa shape index (κ2) is 9.35. The second-order valence-electron chi connectivity index (χ2n) is 8.02. The molecule has 32 heavy (non-hydrogen) atoms. The van der Waals surface area contributed by atoms with Crippen molar-refractivity contribution in [2.75, 3.05) is 17.3 Å². The third-order valence-corrected chi connectivity index (χ3v) is 6.52. The topological polar surface area (TPSA) is 69.7 Å². The lowest BCUT2D eigenvalue weighted by molar-refractivity contribution is -0.120. The summed E-state index contributed by atoms with van der Waals surface area (Å²) in [5.74, 6) is -1.22. The van der Waals surface area contributed by atoms with Crippen LogP contribution in [-0.4, -0.2) is 35.7 Å². The largest absolute Gasteiger partial charge is 0.350 e. The zero-order chi connectivity index (χ0) is 22.8. The van der Waals surface area contributed by atoms with Crippen LogP contribution in [0.25, 0.3) is 0 Å². The Hall–Kier alpha value is -2.83. The Morgan fingerprint density at radius 2 is 1.69 bits per heavy atom. The van der Waals surface area contributed by atoms with E-state index in [0.29, 0.717) is 22.0 Å². The number of carbonyl (C=O) groups is 3. The molecule has 0 saturated heterocycles. The van der Waals surface area contributed by atoms with E-state index in [9.17, 15) is 14.4 Å². The number of rotatable bonds is 5. The molecule has 0 radical (unpaired) electrons. The minimum atomic E-state index is -0.623. The Labute approximate surface area is 196 Å². The molecule has 1 aliphatic carbocycles. The van der Waals surface area contributed by atoms with Crippen molar-refractivity contribution in [2.45, 2.75) is 38.1 Å². The van der Waals surface area contributed by atoms with E-state index in [4.69, 9.17) is 23.2 Å². The first-order chi connectivity index (χ1) is 15.4. The summed E-state index contributed by atoms with van der Waals surface area (Å²) in [4.78, 5) is 41.1. The lowest BCUT2D eigenvalue weighted by Gasteiger charge is -2.31. The van der Waals surface area contributed by atoms with E-state index < -0.39 is 11.8 Å². The molecule has 2 aliphatic rings. The highest BCUT2D eigenvalue weighted by molar-refractivity contribution is 6.53. The third kappa shape index (κ3) is 4.38. The first-order valence-electron chi connectivity index (χ1n) is 10.5. The monoisotopic (exact) mass is 471 g/mol. The zero-order valence-corrected chi connectivity index (χ0v) is 19.1. The van der Waals surface area contributed by atoms with Crippen LogP contribution >= 0.6 is 23.2 Å². The zero-order valence-electron chi connectivity index (χ0n) is 17.6. The molecule has 2 aromatic carbocycles. The normalized spacial score (nSPS) is 17.2. The van der Waals surface area contributed by atoms with Gasteiger partial charge in [0, 0.05) is 29.4 Å². The maximum absolute atomic E-state index is 12.9. The molecule has 0 spiro atoms. The van der Waals surface area contributed by atoms with E-state index in [2.05, 4.69) is 5.32 Å². The molecule has 0 atom stereocenters. The van der Waals surface area contributed by atoms with E-state index in [0.717, 1.165) is 30.6 Å². The van der Waals surface area contributed by atoms with Crippen molar-refractivity contribution in [2.24, 2.45) is 0 Å². The van der Waals surface area contributed by atoms with Crippen molar-refractivity contribution >= 4 is 52.3 Å². The molecule has 2 aromatic rings. The quantitative estimate of drug-likeness (QED) is 0.609. The average Bonchev–Trinajstić information content (AvgIpc) is 3.02. The molecule has 8 heteroatoms. The molecule has 1 saturated carbocycles. The number of hydrogen-bond acceptors (Lipinski definition) is 4. The van der Waals surface area contributed by atoms with Gasteiger partial charge in [-0.3, -0.25) is 14.4 Å². The summed E-state index contributed by atoms with van der Waals surface area (Å²) in [6.45, 7) is 0. The van der Waals surface area contributed by atoms with Gasteiger partial charge in [-0.2, -0.15) is 0 Å². The van der Waals surface area contributed by atoms with Crippen LogP contribution in [0, 0.1) is 0 Å². The molecule has 3 amide bonds. The van der Waals surface area contributed by atoms with Crippen molar-refractivity contribution in [1.82, 2.24) is 4.90 Å². The van der Waals surface area contributed by atoms with Crippen LogP contribution in [0.5, 0.6) is 0 Å². The molecular weight excluding hydrogens is 449 g/mol. The molecule has 1 aliphatic heterocycles.